The molecular weight excluding hydrogens is 254 g/mol. The lowest BCUT2D eigenvalue weighted by molar-refractivity contribution is -0.142. The minimum atomic E-state index is -0.150. The number of nitrogens with zero attached hydrogens (tertiary/aromatic N) is 2. The molecule has 0 saturated carbocycles. The van der Waals surface area contributed by atoms with Crippen LogP contribution in [0, 0.1) is 0 Å². The number of fused-ring (bicyclic) bond motifs is 3. The Morgan fingerprint density at radius 2 is 2.50 bits per heavy atom. The Balaban J connectivity index is 1.86. The molecule has 1 aromatic heterocycles. The zero-order chi connectivity index (χ0) is 13.9. The monoisotopic (exact) mass is 275 g/mol. The number of carbonyl (C=O) groups excluding carboxylic acids is 1. The first-order valence-electron chi connectivity index (χ1n) is 7.39. The van der Waals surface area contributed by atoms with Gasteiger partial charge in [-0.1, -0.05) is 0 Å². The van der Waals surface area contributed by atoms with Gasteiger partial charge in [0.1, 0.15) is 5.82 Å². The number of rotatable bonds is 3. The van der Waals surface area contributed by atoms with E-state index in [9.17, 15) is 4.79 Å². The van der Waals surface area contributed by atoms with Gasteiger partial charge in [0.25, 0.3) is 0 Å². The highest BCUT2D eigenvalue weighted by atomic mass is 16.5. The lowest BCUT2D eigenvalue weighted by atomic mass is 9.93. The largest absolute Gasteiger partial charge is 0.466 e. The van der Waals surface area contributed by atoms with E-state index in [1.165, 1.54) is 5.56 Å². The van der Waals surface area contributed by atoms with E-state index in [-0.39, 0.29) is 5.97 Å². The smallest absolute Gasteiger partial charge is 0.310 e. The van der Waals surface area contributed by atoms with Gasteiger partial charge in [0.15, 0.2) is 0 Å². The highest BCUT2D eigenvalue weighted by molar-refractivity contribution is 5.74. The molecule has 3 rings (SSSR count). The Bertz CT molecular complexity index is 504. The molecule has 0 radical (unpaired) electrons. The van der Waals surface area contributed by atoms with Gasteiger partial charge in [0.05, 0.1) is 13.0 Å². The quantitative estimate of drug-likeness (QED) is 0.831. The number of ether oxygens (including phenoxy) is 1. The lowest BCUT2D eigenvalue weighted by Crippen LogP contribution is -2.53. The first kappa shape index (κ1) is 13.4. The lowest BCUT2D eigenvalue weighted by Gasteiger charge is -2.41. The summed E-state index contributed by atoms with van der Waals surface area (Å²) >= 11 is 0. The summed E-state index contributed by atoms with van der Waals surface area (Å²) in [5.41, 5.74) is 2.31. The molecule has 3 heterocycles. The molecule has 2 aliphatic heterocycles. The van der Waals surface area contributed by atoms with Crippen molar-refractivity contribution in [3.05, 3.63) is 23.4 Å². The molecule has 1 fully saturated rings. The average molecular weight is 275 g/mol. The Morgan fingerprint density at radius 3 is 3.35 bits per heavy atom. The molecule has 20 heavy (non-hydrogen) atoms. The van der Waals surface area contributed by atoms with Crippen LogP contribution in [0.25, 0.3) is 0 Å². The number of carbonyl (C=O) groups is 1. The van der Waals surface area contributed by atoms with Crippen LogP contribution in [0.3, 0.4) is 0 Å². The number of anilines is 1. The molecule has 0 unspecified atom stereocenters. The summed E-state index contributed by atoms with van der Waals surface area (Å²) in [4.78, 5) is 18.7. The molecule has 0 amide bonds. The third kappa shape index (κ3) is 2.50. The zero-order valence-corrected chi connectivity index (χ0v) is 11.9. The van der Waals surface area contributed by atoms with Crippen LogP contribution in [0.4, 0.5) is 5.82 Å². The van der Waals surface area contributed by atoms with Crippen molar-refractivity contribution in [3.8, 4) is 0 Å². The summed E-state index contributed by atoms with van der Waals surface area (Å²) < 4.78 is 5.06. The first-order valence-corrected chi connectivity index (χ1v) is 7.39. The van der Waals surface area contributed by atoms with Crippen molar-refractivity contribution in [1.82, 2.24) is 10.3 Å². The third-order valence-electron chi connectivity index (χ3n) is 4.12. The van der Waals surface area contributed by atoms with Crippen molar-refractivity contribution >= 4 is 11.8 Å². The van der Waals surface area contributed by atoms with Gasteiger partial charge in [0, 0.05) is 31.9 Å². The molecule has 1 saturated heterocycles. The van der Waals surface area contributed by atoms with Gasteiger partial charge in [-0.15, -0.1) is 0 Å². The molecule has 2 aliphatic rings. The van der Waals surface area contributed by atoms with E-state index >= 15 is 0 Å². The fourth-order valence-corrected chi connectivity index (χ4v) is 3.18. The second-order valence-corrected chi connectivity index (χ2v) is 5.34. The molecule has 0 aromatic carbocycles. The minimum absolute atomic E-state index is 0.150. The maximum absolute atomic E-state index is 11.7. The molecule has 1 N–H and O–H groups in total. The van der Waals surface area contributed by atoms with E-state index in [0.29, 0.717) is 19.1 Å². The predicted molar refractivity (Wildman–Crippen MR) is 76.9 cm³/mol. The summed E-state index contributed by atoms with van der Waals surface area (Å²) in [6.07, 6.45) is 4.30. The Labute approximate surface area is 119 Å². The van der Waals surface area contributed by atoms with Crippen molar-refractivity contribution in [3.63, 3.8) is 0 Å². The molecule has 1 atom stereocenters. The van der Waals surface area contributed by atoms with Gasteiger partial charge in [-0.2, -0.15) is 0 Å². The van der Waals surface area contributed by atoms with Crippen molar-refractivity contribution in [1.29, 1.82) is 0 Å². The Hall–Kier alpha value is -1.62. The van der Waals surface area contributed by atoms with Crippen molar-refractivity contribution in [2.75, 3.05) is 31.1 Å². The van der Waals surface area contributed by atoms with Crippen LogP contribution in [0.1, 0.15) is 24.5 Å². The molecule has 0 spiro atoms. The minimum Gasteiger partial charge on any atom is -0.466 e. The van der Waals surface area contributed by atoms with Crippen LogP contribution in [0.5, 0.6) is 0 Å². The van der Waals surface area contributed by atoms with Gasteiger partial charge < -0.3 is 15.0 Å². The molecule has 0 aliphatic carbocycles. The molecule has 5 heteroatoms. The van der Waals surface area contributed by atoms with Gasteiger partial charge >= 0.3 is 5.97 Å². The summed E-state index contributed by atoms with van der Waals surface area (Å²) in [6.45, 7) is 5.30. The summed E-state index contributed by atoms with van der Waals surface area (Å²) in [5, 5.41) is 3.43. The summed E-state index contributed by atoms with van der Waals surface area (Å²) in [7, 11) is 0. The van der Waals surface area contributed by atoms with Gasteiger partial charge in [0.2, 0.25) is 0 Å². The van der Waals surface area contributed by atoms with Gasteiger partial charge in [-0.3, -0.25) is 4.79 Å². The number of aromatic nitrogens is 1. The predicted octanol–water partition coefficient (Wildman–Crippen LogP) is 0.912. The van der Waals surface area contributed by atoms with Crippen LogP contribution in [-0.2, 0) is 22.4 Å². The number of piperazine rings is 1. The van der Waals surface area contributed by atoms with Crippen LogP contribution < -0.4 is 10.2 Å². The maximum atomic E-state index is 11.7. The van der Waals surface area contributed by atoms with Crippen molar-refractivity contribution < 1.29 is 9.53 Å². The molecule has 1 aromatic rings. The van der Waals surface area contributed by atoms with Crippen LogP contribution in [0.15, 0.2) is 12.3 Å². The number of hydrogen-bond acceptors (Lipinski definition) is 5. The second kappa shape index (κ2) is 5.79. The van der Waals surface area contributed by atoms with Crippen molar-refractivity contribution in [2.24, 2.45) is 0 Å². The van der Waals surface area contributed by atoms with Crippen LogP contribution >= 0.6 is 0 Å². The highest BCUT2D eigenvalue weighted by Crippen LogP contribution is 2.31. The van der Waals surface area contributed by atoms with E-state index in [4.69, 9.17) is 4.74 Å². The van der Waals surface area contributed by atoms with Gasteiger partial charge in [-0.05, 0) is 37.0 Å². The standard InChI is InChI=1S/C15H21N3O2/c1-2-20-14(19)9-11-5-6-17-15-13(11)4-3-12-10-16-7-8-18(12)15/h5-6,12,16H,2-4,7-10H2,1H3/t12-/m1/s1. The normalized spacial score (nSPS) is 21.1. The number of pyridine rings is 1. The Kier molecular flexibility index (Phi) is 3.87. The molecular formula is C15H21N3O2. The van der Waals surface area contributed by atoms with Crippen LogP contribution in [0.2, 0.25) is 0 Å². The Morgan fingerprint density at radius 1 is 1.60 bits per heavy atom. The van der Waals surface area contributed by atoms with E-state index in [0.717, 1.165) is 43.9 Å². The number of nitrogens with one attached hydrogen (secondary N) is 1. The molecule has 0 bridgehead atoms. The second-order valence-electron chi connectivity index (χ2n) is 5.34. The number of esters is 1. The fourth-order valence-electron chi connectivity index (χ4n) is 3.18. The van der Waals surface area contributed by atoms with Gasteiger partial charge in [-0.25, -0.2) is 4.98 Å². The topological polar surface area (TPSA) is 54.5 Å². The van der Waals surface area contributed by atoms with Crippen LogP contribution in [-0.4, -0.2) is 43.2 Å². The third-order valence-corrected chi connectivity index (χ3v) is 4.12. The van der Waals surface area contributed by atoms with Crippen molar-refractivity contribution in [2.45, 2.75) is 32.2 Å². The van der Waals surface area contributed by atoms with E-state index < -0.39 is 0 Å². The van der Waals surface area contributed by atoms with E-state index in [1.807, 2.05) is 19.2 Å². The average Bonchev–Trinajstić information content (AvgIpc) is 2.47. The highest BCUT2D eigenvalue weighted by Gasteiger charge is 2.30. The first-order chi connectivity index (χ1) is 9.79. The summed E-state index contributed by atoms with van der Waals surface area (Å²) in [5.74, 6) is 0.924. The number of hydrogen-bond donors (Lipinski definition) is 1. The SMILES string of the molecule is CCOC(=O)Cc1ccnc2c1CC[C@@H]1CNCCN21. The van der Waals surface area contributed by atoms with E-state index in [1.54, 1.807) is 0 Å². The fraction of sp³-hybridized carbons (Fsp3) is 0.600. The molecule has 108 valence electrons. The summed E-state index contributed by atoms with van der Waals surface area (Å²) in [6, 6.07) is 2.50. The molecule has 5 nitrogen and oxygen atoms in total. The zero-order valence-electron chi connectivity index (χ0n) is 11.9. The van der Waals surface area contributed by atoms with E-state index in [2.05, 4.69) is 15.2 Å². The maximum Gasteiger partial charge on any atom is 0.310 e.